The van der Waals surface area contributed by atoms with Crippen molar-refractivity contribution in [3.63, 3.8) is 0 Å². The maximum Gasteiger partial charge on any atom is 0.243 e. The fourth-order valence-electron chi connectivity index (χ4n) is 2.89. The number of piperazine rings is 1. The third kappa shape index (κ3) is 4.89. The van der Waals surface area contributed by atoms with E-state index in [0.717, 1.165) is 19.3 Å². The number of Topliss-reactive ketones (excluding diaryl/α,β-unsaturated/α-hetero) is 1. The maximum atomic E-state index is 12.8. The summed E-state index contributed by atoms with van der Waals surface area (Å²) in [6.45, 7) is 4.90. The van der Waals surface area contributed by atoms with Gasteiger partial charge in [-0.1, -0.05) is 31.9 Å². The van der Waals surface area contributed by atoms with Crippen molar-refractivity contribution in [2.75, 3.05) is 26.2 Å². The molecule has 1 saturated heterocycles. The summed E-state index contributed by atoms with van der Waals surface area (Å²) in [5.41, 5.74) is 0.380. The zero-order valence-electron chi connectivity index (χ0n) is 14.9. The molecule has 25 heavy (non-hydrogen) atoms. The lowest BCUT2D eigenvalue weighted by Crippen LogP contribution is -2.50. The quantitative estimate of drug-likeness (QED) is 0.548. The zero-order chi connectivity index (χ0) is 18.4. The Bertz CT molecular complexity index is 722. The van der Waals surface area contributed by atoms with Gasteiger partial charge < -0.3 is 4.90 Å². The summed E-state index contributed by atoms with van der Waals surface area (Å²) >= 11 is 0. The molecule has 0 saturated carbocycles. The van der Waals surface area contributed by atoms with Crippen LogP contribution in [0.4, 0.5) is 0 Å². The maximum absolute atomic E-state index is 12.8. The van der Waals surface area contributed by atoms with E-state index in [1.54, 1.807) is 17.0 Å². The van der Waals surface area contributed by atoms with Crippen LogP contribution in [0.5, 0.6) is 0 Å². The van der Waals surface area contributed by atoms with Crippen LogP contribution in [-0.2, 0) is 14.8 Å². The molecule has 0 spiro atoms. The number of nitrogens with zero attached hydrogens (tertiary/aromatic N) is 2. The van der Waals surface area contributed by atoms with Crippen molar-refractivity contribution in [1.29, 1.82) is 0 Å². The summed E-state index contributed by atoms with van der Waals surface area (Å²) in [7, 11) is -3.64. The Hall–Kier alpha value is -1.73. The van der Waals surface area contributed by atoms with E-state index in [0.29, 0.717) is 25.1 Å². The molecule has 2 rings (SSSR count). The number of hydrogen-bond acceptors (Lipinski definition) is 4. The SMILES string of the molecule is CCCCCC(=O)N1CCN(S(=O)(=O)c2cccc(C(C)=O)c2)CC1. The van der Waals surface area contributed by atoms with E-state index < -0.39 is 10.0 Å². The number of ketones is 1. The van der Waals surface area contributed by atoms with Gasteiger partial charge in [-0.15, -0.1) is 0 Å². The third-order valence-electron chi connectivity index (χ3n) is 4.46. The Morgan fingerprint density at radius 2 is 1.76 bits per heavy atom. The molecule has 0 bridgehead atoms. The molecular formula is C18H26N2O4S. The van der Waals surface area contributed by atoms with E-state index in [2.05, 4.69) is 6.92 Å². The Balaban J connectivity index is 2.00. The second-order valence-electron chi connectivity index (χ2n) is 6.33. The van der Waals surface area contributed by atoms with Gasteiger partial charge in [0, 0.05) is 38.2 Å². The van der Waals surface area contributed by atoms with E-state index in [4.69, 9.17) is 0 Å². The molecule has 1 heterocycles. The lowest BCUT2D eigenvalue weighted by atomic mass is 10.2. The van der Waals surface area contributed by atoms with Crippen molar-refractivity contribution in [3.8, 4) is 0 Å². The normalized spacial score (nSPS) is 16.0. The molecule has 138 valence electrons. The summed E-state index contributed by atoms with van der Waals surface area (Å²) in [5.74, 6) is -0.0661. The predicted octanol–water partition coefficient (Wildman–Crippen LogP) is 2.30. The molecule has 1 aromatic carbocycles. The standard InChI is InChI=1S/C18H26N2O4S/c1-3-4-5-9-18(22)19-10-12-20(13-11-19)25(23,24)17-8-6-7-16(14-17)15(2)21/h6-8,14H,3-5,9-13H2,1-2H3. The van der Waals surface area contributed by atoms with Gasteiger partial charge in [0.2, 0.25) is 15.9 Å². The Morgan fingerprint density at radius 1 is 1.08 bits per heavy atom. The van der Waals surface area contributed by atoms with Gasteiger partial charge in [0.25, 0.3) is 0 Å². The van der Waals surface area contributed by atoms with Crippen LogP contribution < -0.4 is 0 Å². The van der Waals surface area contributed by atoms with Gasteiger partial charge in [-0.25, -0.2) is 8.42 Å². The van der Waals surface area contributed by atoms with E-state index in [-0.39, 0.29) is 29.7 Å². The van der Waals surface area contributed by atoms with E-state index in [1.165, 1.54) is 23.4 Å². The average Bonchev–Trinajstić information content (AvgIpc) is 2.62. The molecular weight excluding hydrogens is 340 g/mol. The molecule has 1 aliphatic heterocycles. The molecule has 1 amide bonds. The number of carbonyl (C=O) groups excluding carboxylic acids is 2. The summed E-state index contributed by atoms with van der Waals surface area (Å²) in [6.07, 6.45) is 3.51. The Kier molecular flexibility index (Phi) is 6.72. The number of rotatable bonds is 7. The third-order valence-corrected chi connectivity index (χ3v) is 6.36. The molecule has 1 fully saturated rings. The second-order valence-corrected chi connectivity index (χ2v) is 8.26. The van der Waals surface area contributed by atoms with Crippen LogP contribution in [0.25, 0.3) is 0 Å². The molecule has 1 aromatic rings. The van der Waals surface area contributed by atoms with Crippen LogP contribution in [-0.4, -0.2) is 55.5 Å². The lowest BCUT2D eigenvalue weighted by molar-refractivity contribution is -0.132. The van der Waals surface area contributed by atoms with E-state index in [1.807, 2.05) is 0 Å². The number of sulfonamides is 1. The van der Waals surface area contributed by atoms with Crippen LogP contribution in [0.3, 0.4) is 0 Å². The molecule has 0 aromatic heterocycles. The first-order chi connectivity index (χ1) is 11.9. The average molecular weight is 366 g/mol. The second kappa shape index (κ2) is 8.58. The minimum Gasteiger partial charge on any atom is -0.340 e. The number of amides is 1. The van der Waals surface area contributed by atoms with Crippen molar-refractivity contribution in [2.24, 2.45) is 0 Å². The van der Waals surface area contributed by atoms with Crippen molar-refractivity contribution < 1.29 is 18.0 Å². The Labute approximate surface area is 149 Å². The van der Waals surface area contributed by atoms with Crippen LogP contribution in [0, 0.1) is 0 Å². The molecule has 0 unspecified atom stereocenters. The van der Waals surface area contributed by atoms with Gasteiger partial charge in [0.15, 0.2) is 5.78 Å². The fraction of sp³-hybridized carbons (Fsp3) is 0.556. The van der Waals surface area contributed by atoms with Crippen molar-refractivity contribution in [2.45, 2.75) is 44.4 Å². The van der Waals surface area contributed by atoms with Crippen LogP contribution in [0.15, 0.2) is 29.2 Å². The van der Waals surface area contributed by atoms with Crippen LogP contribution >= 0.6 is 0 Å². The zero-order valence-corrected chi connectivity index (χ0v) is 15.7. The highest BCUT2D eigenvalue weighted by Gasteiger charge is 2.30. The van der Waals surface area contributed by atoms with Crippen LogP contribution in [0.2, 0.25) is 0 Å². The van der Waals surface area contributed by atoms with Crippen molar-refractivity contribution >= 4 is 21.7 Å². The van der Waals surface area contributed by atoms with Gasteiger partial charge in [-0.2, -0.15) is 4.31 Å². The Morgan fingerprint density at radius 3 is 2.36 bits per heavy atom. The predicted molar refractivity (Wildman–Crippen MR) is 95.9 cm³/mol. The van der Waals surface area contributed by atoms with Gasteiger partial charge in [0.1, 0.15) is 0 Å². The fourth-order valence-corrected chi connectivity index (χ4v) is 4.36. The molecule has 0 radical (unpaired) electrons. The highest BCUT2D eigenvalue weighted by molar-refractivity contribution is 7.89. The lowest BCUT2D eigenvalue weighted by Gasteiger charge is -2.34. The first-order valence-corrected chi connectivity index (χ1v) is 10.2. The summed E-state index contributed by atoms with van der Waals surface area (Å²) in [6, 6.07) is 6.11. The molecule has 1 aliphatic rings. The molecule has 0 aliphatic carbocycles. The molecule has 0 atom stereocenters. The molecule has 7 heteroatoms. The monoisotopic (exact) mass is 366 g/mol. The first-order valence-electron chi connectivity index (χ1n) is 8.75. The van der Waals surface area contributed by atoms with E-state index >= 15 is 0 Å². The summed E-state index contributed by atoms with van der Waals surface area (Å²) < 4.78 is 26.9. The van der Waals surface area contributed by atoms with Crippen LogP contribution in [0.1, 0.15) is 49.9 Å². The van der Waals surface area contributed by atoms with Gasteiger partial charge >= 0.3 is 0 Å². The van der Waals surface area contributed by atoms with Crippen molar-refractivity contribution in [1.82, 2.24) is 9.21 Å². The van der Waals surface area contributed by atoms with Gasteiger partial charge in [-0.05, 0) is 25.5 Å². The van der Waals surface area contributed by atoms with Crippen molar-refractivity contribution in [3.05, 3.63) is 29.8 Å². The number of unbranched alkanes of at least 4 members (excludes halogenated alkanes) is 2. The highest BCUT2D eigenvalue weighted by Crippen LogP contribution is 2.19. The number of hydrogen-bond donors (Lipinski definition) is 0. The topological polar surface area (TPSA) is 74.8 Å². The van der Waals surface area contributed by atoms with Gasteiger partial charge in [-0.3, -0.25) is 9.59 Å². The minimum absolute atomic E-state index is 0.101. The largest absolute Gasteiger partial charge is 0.340 e. The molecule has 6 nitrogen and oxygen atoms in total. The molecule has 0 N–H and O–H groups in total. The summed E-state index contributed by atoms with van der Waals surface area (Å²) in [4.78, 5) is 25.5. The smallest absolute Gasteiger partial charge is 0.243 e. The highest BCUT2D eigenvalue weighted by atomic mass is 32.2. The number of carbonyl (C=O) groups is 2. The number of benzene rings is 1. The summed E-state index contributed by atoms with van der Waals surface area (Å²) in [5, 5.41) is 0. The van der Waals surface area contributed by atoms with Gasteiger partial charge in [0.05, 0.1) is 4.90 Å². The van der Waals surface area contributed by atoms with E-state index in [9.17, 15) is 18.0 Å². The first kappa shape index (κ1) is 19.6. The minimum atomic E-state index is -3.64.